The minimum absolute atomic E-state index is 0.0325. The molecule has 0 fully saturated rings. The molecule has 160 valence electrons. The van der Waals surface area contributed by atoms with Crippen LogP contribution in [0, 0.1) is 12.7 Å². The summed E-state index contributed by atoms with van der Waals surface area (Å²) < 4.78 is 13.6. The zero-order chi connectivity index (χ0) is 22.3. The van der Waals surface area contributed by atoms with E-state index in [4.69, 9.17) is 11.5 Å². The molecule has 7 nitrogen and oxygen atoms in total. The smallest absolute Gasteiger partial charge is 0.313 e. The van der Waals surface area contributed by atoms with E-state index in [-0.39, 0.29) is 17.7 Å². The van der Waals surface area contributed by atoms with Crippen LogP contribution in [0.4, 0.5) is 10.1 Å². The van der Waals surface area contributed by atoms with Gasteiger partial charge >= 0.3 is 11.8 Å². The van der Waals surface area contributed by atoms with Gasteiger partial charge in [0.2, 0.25) is 0 Å². The molecule has 1 aliphatic carbocycles. The molecule has 2 amide bonds. The standard InChI is InChI=1S/C20H22FN5O2.C2H6/c1-11-2-5-14(9-16(11)21)25-18(27)19(28)26-17-7-4-13-8-12(3-6-15(13)17)10-24-20(22)23;1-2/h2-3,5-6,8-9,17H,4,7,10H2,1H3,(H,25,27)(H,26,28)(H4,22,23,24);1-2H3. The molecular weight excluding hydrogens is 385 g/mol. The number of carbonyl (C=O) groups excluding carboxylic acids is 2. The van der Waals surface area contributed by atoms with Gasteiger partial charge in [0.05, 0.1) is 12.6 Å². The number of fused-ring (bicyclic) bond motifs is 1. The molecule has 3 rings (SSSR count). The summed E-state index contributed by atoms with van der Waals surface area (Å²) in [5, 5.41) is 5.15. The number of nitrogens with two attached hydrogens (primary N) is 2. The van der Waals surface area contributed by atoms with Crippen molar-refractivity contribution in [3.8, 4) is 0 Å². The van der Waals surface area contributed by atoms with Gasteiger partial charge in [0.15, 0.2) is 5.96 Å². The van der Waals surface area contributed by atoms with Crippen LogP contribution < -0.4 is 22.1 Å². The number of amides is 2. The highest BCUT2D eigenvalue weighted by Crippen LogP contribution is 2.32. The molecule has 30 heavy (non-hydrogen) atoms. The van der Waals surface area contributed by atoms with Gasteiger partial charge in [-0.25, -0.2) is 9.38 Å². The number of halogens is 1. The average Bonchev–Trinajstić information content (AvgIpc) is 3.12. The van der Waals surface area contributed by atoms with E-state index in [1.54, 1.807) is 13.0 Å². The minimum Gasteiger partial charge on any atom is -0.370 e. The van der Waals surface area contributed by atoms with E-state index in [1.807, 2.05) is 32.0 Å². The number of aliphatic imine (C=N–C) groups is 1. The third kappa shape index (κ3) is 5.79. The molecule has 0 heterocycles. The van der Waals surface area contributed by atoms with Gasteiger partial charge in [-0.1, -0.05) is 38.1 Å². The average molecular weight is 413 g/mol. The maximum Gasteiger partial charge on any atom is 0.313 e. The minimum atomic E-state index is -0.832. The molecule has 0 saturated heterocycles. The largest absolute Gasteiger partial charge is 0.370 e. The maximum atomic E-state index is 13.6. The van der Waals surface area contributed by atoms with Crippen LogP contribution >= 0.6 is 0 Å². The lowest BCUT2D eigenvalue weighted by Crippen LogP contribution is -2.37. The Morgan fingerprint density at radius 1 is 1.13 bits per heavy atom. The fourth-order valence-corrected chi connectivity index (χ4v) is 3.18. The Bertz CT molecular complexity index is 955. The molecule has 0 radical (unpaired) electrons. The van der Waals surface area contributed by atoms with E-state index in [0.717, 1.165) is 23.1 Å². The summed E-state index contributed by atoms with van der Waals surface area (Å²) in [7, 11) is 0. The monoisotopic (exact) mass is 413 g/mol. The van der Waals surface area contributed by atoms with Gasteiger partial charge in [-0.2, -0.15) is 0 Å². The van der Waals surface area contributed by atoms with E-state index in [0.29, 0.717) is 18.5 Å². The van der Waals surface area contributed by atoms with Gasteiger partial charge in [0.25, 0.3) is 0 Å². The molecule has 2 aromatic carbocycles. The van der Waals surface area contributed by atoms with Crippen molar-refractivity contribution in [3.05, 3.63) is 64.5 Å². The Kier molecular flexibility index (Phi) is 7.91. The molecule has 0 saturated carbocycles. The number of nitrogens with one attached hydrogen (secondary N) is 2. The van der Waals surface area contributed by atoms with Crippen molar-refractivity contribution in [3.63, 3.8) is 0 Å². The molecule has 8 heteroatoms. The predicted octanol–water partition coefficient (Wildman–Crippen LogP) is 2.68. The summed E-state index contributed by atoms with van der Waals surface area (Å²) in [5.74, 6) is -2.01. The Morgan fingerprint density at radius 3 is 2.53 bits per heavy atom. The molecule has 0 bridgehead atoms. The first-order valence-corrected chi connectivity index (χ1v) is 9.88. The zero-order valence-corrected chi connectivity index (χ0v) is 17.5. The van der Waals surface area contributed by atoms with Crippen LogP contribution in [-0.2, 0) is 22.6 Å². The van der Waals surface area contributed by atoms with Crippen LogP contribution in [0.15, 0.2) is 41.4 Å². The second-order valence-electron chi connectivity index (χ2n) is 6.76. The predicted molar refractivity (Wildman–Crippen MR) is 116 cm³/mol. The topological polar surface area (TPSA) is 123 Å². The fourth-order valence-electron chi connectivity index (χ4n) is 3.18. The van der Waals surface area contributed by atoms with Gasteiger partial charge in [-0.15, -0.1) is 0 Å². The number of aryl methyl sites for hydroxylation is 2. The highest BCUT2D eigenvalue weighted by Gasteiger charge is 2.26. The number of benzene rings is 2. The zero-order valence-electron chi connectivity index (χ0n) is 17.5. The summed E-state index contributed by atoms with van der Waals surface area (Å²) in [5.41, 5.74) is 14.4. The number of hydrogen-bond acceptors (Lipinski definition) is 3. The summed E-state index contributed by atoms with van der Waals surface area (Å²) in [6, 6.07) is 9.83. The first-order chi connectivity index (χ1) is 14.3. The molecule has 0 aliphatic heterocycles. The van der Waals surface area contributed by atoms with Crippen LogP contribution in [0.3, 0.4) is 0 Å². The van der Waals surface area contributed by atoms with Crippen molar-refractivity contribution in [2.75, 3.05) is 5.32 Å². The lowest BCUT2D eigenvalue weighted by Gasteiger charge is -2.14. The van der Waals surface area contributed by atoms with Crippen LogP contribution in [0.5, 0.6) is 0 Å². The number of carbonyl (C=O) groups is 2. The SMILES string of the molecule is CC.Cc1ccc(NC(=O)C(=O)NC2CCc3cc(CN=C(N)N)ccc32)cc1F. The number of hydrogen-bond donors (Lipinski definition) is 4. The first kappa shape index (κ1) is 22.9. The highest BCUT2D eigenvalue weighted by molar-refractivity contribution is 6.39. The van der Waals surface area contributed by atoms with E-state index < -0.39 is 17.6 Å². The Hall–Kier alpha value is -3.42. The van der Waals surface area contributed by atoms with Crippen molar-refractivity contribution >= 4 is 23.5 Å². The molecule has 1 aliphatic rings. The Balaban J connectivity index is 0.00000155. The lowest BCUT2D eigenvalue weighted by molar-refractivity contribution is -0.136. The Morgan fingerprint density at radius 2 is 1.87 bits per heavy atom. The molecule has 2 aromatic rings. The van der Waals surface area contributed by atoms with Crippen molar-refractivity contribution in [2.45, 2.75) is 46.2 Å². The number of guanidine groups is 1. The highest BCUT2D eigenvalue weighted by atomic mass is 19.1. The van der Waals surface area contributed by atoms with Crippen molar-refractivity contribution in [1.29, 1.82) is 0 Å². The van der Waals surface area contributed by atoms with Crippen molar-refractivity contribution in [1.82, 2.24) is 5.32 Å². The number of anilines is 1. The van der Waals surface area contributed by atoms with Crippen LogP contribution in [0.2, 0.25) is 0 Å². The molecule has 6 N–H and O–H groups in total. The van der Waals surface area contributed by atoms with Crippen LogP contribution in [0.1, 0.15) is 48.6 Å². The number of rotatable bonds is 4. The van der Waals surface area contributed by atoms with Crippen LogP contribution in [-0.4, -0.2) is 17.8 Å². The summed E-state index contributed by atoms with van der Waals surface area (Å²) in [4.78, 5) is 28.4. The van der Waals surface area contributed by atoms with E-state index in [1.165, 1.54) is 12.1 Å². The lowest BCUT2D eigenvalue weighted by atomic mass is 10.0. The van der Waals surface area contributed by atoms with E-state index in [2.05, 4.69) is 15.6 Å². The van der Waals surface area contributed by atoms with Crippen molar-refractivity contribution < 1.29 is 14.0 Å². The van der Waals surface area contributed by atoms with Gasteiger partial charge < -0.3 is 22.1 Å². The normalized spacial score (nSPS) is 14.1. The number of nitrogens with zero attached hydrogens (tertiary/aromatic N) is 1. The molecular formula is C22H28FN5O2. The summed E-state index contributed by atoms with van der Waals surface area (Å²) >= 11 is 0. The van der Waals surface area contributed by atoms with Gasteiger partial charge in [-0.05, 0) is 54.2 Å². The molecule has 0 spiro atoms. The fraction of sp³-hybridized carbons (Fsp3) is 0.318. The quantitative estimate of drug-likeness (QED) is 0.350. The van der Waals surface area contributed by atoms with Crippen LogP contribution in [0.25, 0.3) is 0 Å². The van der Waals surface area contributed by atoms with E-state index in [9.17, 15) is 14.0 Å². The van der Waals surface area contributed by atoms with Gasteiger partial charge in [0, 0.05) is 5.69 Å². The third-order valence-electron chi connectivity index (χ3n) is 4.67. The van der Waals surface area contributed by atoms with Gasteiger partial charge in [-0.3, -0.25) is 9.59 Å². The second-order valence-corrected chi connectivity index (χ2v) is 6.76. The molecule has 1 atom stereocenters. The van der Waals surface area contributed by atoms with Crippen molar-refractivity contribution in [2.24, 2.45) is 16.5 Å². The molecule has 1 unspecified atom stereocenters. The summed E-state index contributed by atoms with van der Waals surface area (Å²) in [6.45, 7) is 6.01. The second kappa shape index (κ2) is 10.4. The summed E-state index contributed by atoms with van der Waals surface area (Å²) in [6.07, 6.45) is 1.47. The van der Waals surface area contributed by atoms with E-state index >= 15 is 0 Å². The van der Waals surface area contributed by atoms with Gasteiger partial charge in [0.1, 0.15) is 5.82 Å². The first-order valence-electron chi connectivity index (χ1n) is 9.88. The Labute approximate surface area is 175 Å². The maximum absolute atomic E-state index is 13.6. The third-order valence-corrected chi connectivity index (χ3v) is 4.67. The molecule has 0 aromatic heterocycles.